The van der Waals surface area contributed by atoms with Gasteiger partial charge in [-0.25, -0.2) is 0 Å². The van der Waals surface area contributed by atoms with Crippen molar-refractivity contribution in [1.82, 2.24) is 0 Å². The Bertz CT molecular complexity index is 522. The molecule has 0 N–H and O–H groups in total. The summed E-state index contributed by atoms with van der Waals surface area (Å²) in [4.78, 5) is 12.8. The molecule has 0 aromatic heterocycles. The fraction of sp³-hybridized carbons (Fsp3) is 0. The van der Waals surface area contributed by atoms with E-state index < -0.39 is 0 Å². The molecule has 0 saturated heterocycles. The van der Waals surface area contributed by atoms with Crippen LogP contribution in [-0.2, 0) is 0 Å². The van der Waals surface area contributed by atoms with E-state index in [2.05, 4.69) is 15.9 Å². The van der Waals surface area contributed by atoms with Gasteiger partial charge in [-0.1, -0.05) is 27.5 Å². The minimum atomic E-state index is 0.0176. The van der Waals surface area contributed by atoms with Crippen LogP contribution in [0.5, 0.6) is 0 Å². The maximum Gasteiger partial charge on any atom is 0.224 e. The smallest absolute Gasteiger partial charge is 0.224 e. The standard InChI is InChI=1S/C13H8BrClOS/c14-10-3-7-12(8-4-10)17-13(16)9-1-5-11(15)6-2-9/h1-8H. The second-order valence-electron chi connectivity index (χ2n) is 3.35. The van der Waals surface area contributed by atoms with E-state index in [0.717, 1.165) is 9.37 Å². The van der Waals surface area contributed by atoms with Crippen LogP contribution < -0.4 is 0 Å². The number of thioether (sulfide) groups is 1. The molecule has 2 aromatic rings. The van der Waals surface area contributed by atoms with Crippen molar-refractivity contribution >= 4 is 44.4 Å². The molecule has 86 valence electrons. The van der Waals surface area contributed by atoms with Crippen molar-refractivity contribution in [2.75, 3.05) is 0 Å². The predicted molar refractivity (Wildman–Crippen MR) is 75.8 cm³/mol. The van der Waals surface area contributed by atoms with Crippen LogP contribution in [0.25, 0.3) is 0 Å². The largest absolute Gasteiger partial charge is 0.281 e. The third-order valence-corrected chi connectivity index (χ3v) is 3.81. The molecule has 4 heteroatoms. The lowest BCUT2D eigenvalue weighted by molar-refractivity contribution is 0.108. The monoisotopic (exact) mass is 326 g/mol. The maximum absolute atomic E-state index is 11.9. The van der Waals surface area contributed by atoms with Crippen LogP contribution in [0, 0.1) is 0 Å². The lowest BCUT2D eigenvalue weighted by atomic mass is 10.2. The second kappa shape index (κ2) is 5.71. The lowest BCUT2D eigenvalue weighted by Gasteiger charge is -2.01. The van der Waals surface area contributed by atoms with Crippen molar-refractivity contribution in [3.63, 3.8) is 0 Å². The van der Waals surface area contributed by atoms with Gasteiger partial charge in [0.2, 0.25) is 5.12 Å². The number of carbonyl (C=O) groups excluding carboxylic acids is 1. The Morgan fingerprint density at radius 1 is 1.00 bits per heavy atom. The van der Waals surface area contributed by atoms with Crippen molar-refractivity contribution in [1.29, 1.82) is 0 Å². The highest BCUT2D eigenvalue weighted by molar-refractivity contribution is 9.10. The zero-order valence-electron chi connectivity index (χ0n) is 8.69. The number of benzene rings is 2. The Hall–Kier alpha value is -0.770. The Morgan fingerprint density at radius 3 is 2.18 bits per heavy atom. The molecule has 0 radical (unpaired) electrons. The zero-order valence-corrected chi connectivity index (χ0v) is 11.8. The number of rotatable bonds is 2. The van der Waals surface area contributed by atoms with Gasteiger partial charge >= 0.3 is 0 Å². The summed E-state index contributed by atoms with van der Waals surface area (Å²) >= 11 is 10.3. The molecular weight excluding hydrogens is 320 g/mol. The highest BCUT2D eigenvalue weighted by Crippen LogP contribution is 2.24. The second-order valence-corrected chi connectivity index (χ2v) is 5.75. The van der Waals surface area contributed by atoms with E-state index in [9.17, 15) is 4.79 Å². The normalized spacial score (nSPS) is 10.2. The molecule has 0 atom stereocenters. The van der Waals surface area contributed by atoms with E-state index in [1.165, 1.54) is 11.8 Å². The predicted octanol–water partition coefficient (Wildman–Crippen LogP) is 5.04. The SMILES string of the molecule is O=C(Sc1ccc(Br)cc1)c1ccc(Cl)cc1. The summed E-state index contributed by atoms with van der Waals surface area (Å²) in [6.45, 7) is 0. The number of halogens is 2. The summed E-state index contributed by atoms with van der Waals surface area (Å²) in [5, 5.41) is 0.652. The van der Waals surface area contributed by atoms with E-state index in [4.69, 9.17) is 11.6 Å². The molecule has 0 spiro atoms. The van der Waals surface area contributed by atoms with Crippen molar-refractivity contribution in [2.24, 2.45) is 0 Å². The molecule has 2 rings (SSSR count). The Kier molecular flexibility index (Phi) is 4.26. The molecule has 0 aliphatic heterocycles. The molecule has 0 aliphatic carbocycles. The van der Waals surface area contributed by atoms with Crippen LogP contribution in [0.15, 0.2) is 57.9 Å². The lowest BCUT2D eigenvalue weighted by Crippen LogP contribution is -1.92. The molecule has 0 unspecified atom stereocenters. The first kappa shape index (κ1) is 12.7. The van der Waals surface area contributed by atoms with Crippen LogP contribution in [0.1, 0.15) is 10.4 Å². The first-order valence-electron chi connectivity index (χ1n) is 4.88. The first-order valence-corrected chi connectivity index (χ1v) is 6.87. The molecule has 0 fully saturated rings. The van der Waals surface area contributed by atoms with E-state index in [1.807, 2.05) is 24.3 Å². The van der Waals surface area contributed by atoms with Gasteiger partial charge in [-0.3, -0.25) is 4.79 Å². The van der Waals surface area contributed by atoms with E-state index >= 15 is 0 Å². The molecule has 0 amide bonds. The summed E-state index contributed by atoms with van der Waals surface area (Å²) in [5.41, 5.74) is 0.655. The van der Waals surface area contributed by atoms with Crippen molar-refractivity contribution in [3.05, 3.63) is 63.6 Å². The molecule has 17 heavy (non-hydrogen) atoms. The molecule has 1 nitrogen and oxygen atoms in total. The van der Waals surface area contributed by atoms with E-state index in [1.54, 1.807) is 24.3 Å². The van der Waals surface area contributed by atoms with Gasteiger partial charge in [0.05, 0.1) is 0 Å². The van der Waals surface area contributed by atoms with Crippen molar-refractivity contribution in [2.45, 2.75) is 4.90 Å². The quantitative estimate of drug-likeness (QED) is 0.719. The minimum Gasteiger partial charge on any atom is -0.281 e. The van der Waals surface area contributed by atoms with Gasteiger partial charge in [0, 0.05) is 20.0 Å². The third kappa shape index (κ3) is 3.60. The van der Waals surface area contributed by atoms with Gasteiger partial charge in [-0.05, 0) is 60.3 Å². The Balaban J connectivity index is 2.11. The van der Waals surface area contributed by atoms with E-state index in [-0.39, 0.29) is 5.12 Å². The first-order chi connectivity index (χ1) is 8.15. The van der Waals surface area contributed by atoms with Crippen molar-refractivity contribution in [3.8, 4) is 0 Å². The minimum absolute atomic E-state index is 0.0176. The van der Waals surface area contributed by atoms with Crippen LogP contribution in [0.2, 0.25) is 5.02 Å². The van der Waals surface area contributed by atoms with Gasteiger partial charge < -0.3 is 0 Å². The highest BCUT2D eigenvalue weighted by Gasteiger charge is 2.07. The zero-order chi connectivity index (χ0) is 12.3. The summed E-state index contributed by atoms with van der Waals surface area (Å²) < 4.78 is 1.00. The van der Waals surface area contributed by atoms with Gasteiger partial charge in [0.1, 0.15) is 0 Å². The van der Waals surface area contributed by atoms with E-state index in [0.29, 0.717) is 10.6 Å². The number of carbonyl (C=O) groups is 1. The number of hydrogen-bond acceptors (Lipinski definition) is 2. The molecular formula is C13H8BrClOS. The average Bonchev–Trinajstić information content (AvgIpc) is 2.33. The molecule has 0 heterocycles. The Morgan fingerprint density at radius 2 is 1.59 bits per heavy atom. The summed E-state index contributed by atoms with van der Waals surface area (Å²) in [7, 11) is 0. The van der Waals surface area contributed by atoms with Gasteiger partial charge in [-0.15, -0.1) is 0 Å². The third-order valence-electron chi connectivity index (χ3n) is 2.10. The fourth-order valence-corrected chi connectivity index (χ4v) is 2.39. The summed E-state index contributed by atoms with van der Waals surface area (Å²) in [6.07, 6.45) is 0. The van der Waals surface area contributed by atoms with Crippen molar-refractivity contribution < 1.29 is 4.79 Å². The van der Waals surface area contributed by atoms with Crippen LogP contribution >= 0.6 is 39.3 Å². The van der Waals surface area contributed by atoms with Gasteiger partial charge in [0.25, 0.3) is 0 Å². The molecule has 0 aliphatic rings. The van der Waals surface area contributed by atoms with Crippen LogP contribution in [0.3, 0.4) is 0 Å². The van der Waals surface area contributed by atoms with Crippen LogP contribution in [-0.4, -0.2) is 5.12 Å². The molecule has 2 aromatic carbocycles. The topological polar surface area (TPSA) is 17.1 Å². The molecule has 0 saturated carbocycles. The Labute approximate surface area is 117 Å². The van der Waals surface area contributed by atoms with Gasteiger partial charge in [-0.2, -0.15) is 0 Å². The van der Waals surface area contributed by atoms with Crippen LogP contribution in [0.4, 0.5) is 0 Å². The average molecular weight is 328 g/mol. The maximum atomic E-state index is 11.9. The molecule has 0 bridgehead atoms. The summed E-state index contributed by atoms with van der Waals surface area (Å²) in [6, 6.07) is 14.5. The van der Waals surface area contributed by atoms with Gasteiger partial charge in [0.15, 0.2) is 0 Å². The number of hydrogen-bond donors (Lipinski definition) is 0. The highest BCUT2D eigenvalue weighted by atomic mass is 79.9. The summed E-state index contributed by atoms with van der Waals surface area (Å²) in [5.74, 6) is 0. The fourth-order valence-electron chi connectivity index (χ4n) is 1.25.